The predicted octanol–water partition coefficient (Wildman–Crippen LogP) is 5.50. The summed E-state index contributed by atoms with van der Waals surface area (Å²) in [7, 11) is 0. The number of benzene rings is 2. The van der Waals surface area contributed by atoms with Crippen molar-refractivity contribution in [1.29, 1.82) is 0 Å². The Labute approximate surface area is 282 Å². The Hall–Kier alpha value is -4.18. The highest BCUT2D eigenvalue weighted by Gasteiger charge is 2.49. The molecule has 0 unspecified atom stereocenters. The van der Waals surface area contributed by atoms with E-state index in [1.54, 1.807) is 0 Å². The van der Waals surface area contributed by atoms with Crippen LogP contribution < -0.4 is 15.0 Å². The molecule has 256 valence electrons. The average molecular weight is 673 g/mol. The van der Waals surface area contributed by atoms with E-state index in [0.717, 1.165) is 38.6 Å². The van der Waals surface area contributed by atoms with Crippen molar-refractivity contribution in [2.45, 2.75) is 68.8 Å². The van der Waals surface area contributed by atoms with Crippen molar-refractivity contribution in [3.63, 3.8) is 0 Å². The number of ether oxygens (including phenoxy) is 2. The first-order chi connectivity index (χ1) is 23.7. The summed E-state index contributed by atoms with van der Waals surface area (Å²) in [6.07, 6.45) is 11.2. The van der Waals surface area contributed by atoms with Gasteiger partial charge >= 0.3 is 6.01 Å². The summed E-state index contributed by atoms with van der Waals surface area (Å²) in [5.41, 5.74) is -0.898. The molecule has 0 bridgehead atoms. The Balaban J connectivity index is 1.27. The van der Waals surface area contributed by atoms with E-state index in [1.165, 1.54) is 30.5 Å². The van der Waals surface area contributed by atoms with E-state index < -0.39 is 23.3 Å². The van der Waals surface area contributed by atoms with Gasteiger partial charge in [-0.15, -0.1) is 6.42 Å². The lowest BCUT2D eigenvalue weighted by atomic mass is 9.85. The molecule has 2 N–H and O–H groups in total. The van der Waals surface area contributed by atoms with Crippen molar-refractivity contribution in [3.8, 4) is 35.4 Å². The van der Waals surface area contributed by atoms with E-state index >= 15 is 4.39 Å². The molecular weight excluding hydrogens is 633 g/mol. The van der Waals surface area contributed by atoms with Gasteiger partial charge < -0.3 is 24.8 Å². The van der Waals surface area contributed by atoms with E-state index in [9.17, 15) is 13.9 Å². The number of terminal acetylenes is 1. The second-order valence-electron chi connectivity index (χ2n) is 13.9. The second kappa shape index (κ2) is 12.3. The van der Waals surface area contributed by atoms with Crippen LogP contribution in [0.15, 0.2) is 30.5 Å². The summed E-state index contributed by atoms with van der Waals surface area (Å²) in [4.78, 5) is 18.3. The van der Waals surface area contributed by atoms with Gasteiger partial charge in [0.2, 0.25) is 0 Å². The molecule has 4 aliphatic rings. The van der Waals surface area contributed by atoms with Crippen LogP contribution in [0.5, 0.6) is 11.8 Å². The molecule has 12 heteroatoms. The highest BCUT2D eigenvalue weighted by molar-refractivity contribution is 6.03. The summed E-state index contributed by atoms with van der Waals surface area (Å²) in [6.45, 7) is 6.02. The molecule has 0 amide bonds. The van der Waals surface area contributed by atoms with Gasteiger partial charge in [0.1, 0.15) is 41.4 Å². The van der Waals surface area contributed by atoms with Crippen LogP contribution in [0, 0.1) is 24.0 Å². The monoisotopic (exact) mass is 672 g/mol. The lowest BCUT2D eigenvalue weighted by Crippen LogP contribution is -2.66. The van der Waals surface area contributed by atoms with Crippen LogP contribution in [0.3, 0.4) is 0 Å². The molecule has 6 heterocycles. The average Bonchev–Trinajstić information content (AvgIpc) is 3.85. The highest BCUT2D eigenvalue weighted by Crippen LogP contribution is 2.42. The highest BCUT2D eigenvalue weighted by atomic mass is 19.1. The third kappa shape index (κ3) is 5.34. The second-order valence-corrected chi connectivity index (χ2v) is 13.9. The Kier molecular flexibility index (Phi) is 8.05. The maximum Gasteiger partial charge on any atom is 0.319 e. The van der Waals surface area contributed by atoms with Gasteiger partial charge in [0, 0.05) is 56.4 Å². The minimum absolute atomic E-state index is 0.0176. The summed E-state index contributed by atoms with van der Waals surface area (Å²) in [5, 5.41) is 15.4. The number of aromatic hydroxyl groups is 1. The number of aromatic nitrogens is 3. The molecule has 2 aromatic carbocycles. The van der Waals surface area contributed by atoms with E-state index in [-0.39, 0.29) is 57.7 Å². The van der Waals surface area contributed by atoms with Crippen LogP contribution >= 0.6 is 0 Å². The number of piperazine rings is 1. The first kappa shape index (κ1) is 32.0. The Morgan fingerprint density at radius 2 is 2.08 bits per heavy atom. The first-order valence-corrected chi connectivity index (χ1v) is 17.2. The SMILES string of the molecule is C#Cc1c(F)ccc2cc(O)cc(-c3ncc4c(N5CCN[C@@](CC)([C@@H]6CCCO6)C5)nc(OC[C@@]56CCCN5C[C@H](F)C6)nc4c3F)c12. The number of hydrogen-bond acceptors (Lipinski definition) is 9. The summed E-state index contributed by atoms with van der Waals surface area (Å²) in [5.74, 6) is 1.27. The fourth-order valence-corrected chi connectivity index (χ4v) is 8.71. The lowest BCUT2D eigenvalue weighted by Gasteiger charge is -2.47. The maximum absolute atomic E-state index is 17.0. The molecule has 49 heavy (non-hydrogen) atoms. The zero-order valence-electron chi connectivity index (χ0n) is 27.4. The molecule has 0 aliphatic carbocycles. The minimum Gasteiger partial charge on any atom is -0.508 e. The normalized spacial score (nSPS) is 27.2. The van der Waals surface area contributed by atoms with E-state index in [4.69, 9.17) is 20.9 Å². The van der Waals surface area contributed by atoms with Crippen LogP contribution in [0.4, 0.5) is 19.0 Å². The number of anilines is 1. The molecule has 9 nitrogen and oxygen atoms in total. The van der Waals surface area contributed by atoms with E-state index in [0.29, 0.717) is 55.8 Å². The third-order valence-corrected chi connectivity index (χ3v) is 11.1. The molecular formula is C37H39F3N6O3. The van der Waals surface area contributed by atoms with Gasteiger partial charge in [-0.3, -0.25) is 9.88 Å². The number of halogens is 3. The van der Waals surface area contributed by atoms with Crippen molar-refractivity contribution in [2.24, 2.45) is 0 Å². The minimum atomic E-state index is -0.932. The number of nitrogens with one attached hydrogen (secondary N) is 1. The topological polar surface area (TPSA) is 95.9 Å². The molecule has 4 aliphatic heterocycles. The number of rotatable bonds is 7. The lowest BCUT2D eigenvalue weighted by molar-refractivity contribution is 0.0230. The summed E-state index contributed by atoms with van der Waals surface area (Å²) >= 11 is 0. The van der Waals surface area contributed by atoms with Crippen LogP contribution in [0.2, 0.25) is 0 Å². The molecule has 4 fully saturated rings. The number of phenols is 1. The number of nitrogens with zero attached hydrogens (tertiary/aromatic N) is 5. The zero-order chi connectivity index (χ0) is 33.9. The quantitative estimate of drug-likeness (QED) is 0.247. The molecule has 8 rings (SSSR count). The summed E-state index contributed by atoms with van der Waals surface area (Å²) < 4.78 is 59.0. The standard InChI is InChI=1S/C37H39F3N6O3/c1-3-25-28(39)9-8-22-15-24(47)16-26(30(22)25)32-31(40)33-27(18-41-32)34(45-13-11-42-37(4-2,20-45)29-7-5-14-48-29)44-35(43-33)49-21-36-10-6-12-46(36)19-23(38)17-36/h1,8-9,15-16,18,23,29,42,47H,4-7,10-14,17,19-21H2,2H3/t23-,29+,36+,37-/m1/s1. The van der Waals surface area contributed by atoms with Crippen LogP contribution in [0.1, 0.15) is 51.0 Å². The molecule has 4 atom stereocenters. The Bertz CT molecular complexity index is 1980. The fraction of sp³-hybridized carbons (Fsp3) is 0.486. The maximum atomic E-state index is 17.0. The third-order valence-electron chi connectivity index (χ3n) is 11.1. The first-order valence-electron chi connectivity index (χ1n) is 17.2. The number of alkyl halides is 1. The van der Waals surface area contributed by atoms with E-state index in [1.807, 2.05) is 0 Å². The van der Waals surface area contributed by atoms with Crippen LogP contribution in [0.25, 0.3) is 32.9 Å². The molecule has 0 saturated carbocycles. The van der Waals surface area contributed by atoms with Gasteiger partial charge in [-0.1, -0.05) is 18.9 Å². The molecule has 4 saturated heterocycles. The van der Waals surface area contributed by atoms with Crippen molar-refractivity contribution in [1.82, 2.24) is 25.2 Å². The number of hydrogen-bond donors (Lipinski definition) is 2. The van der Waals surface area contributed by atoms with Crippen molar-refractivity contribution in [2.75, 3.05) is 50.8 Å². The number of pyridine rings is 1. The van der Waals surface area contributed by atoms with Gasteiger partial charge in [0.05, 0.1) is 28.1 Å². The Morgan fingerprint density at radius 3 is 2.88 bits per heavy atom. The molecule has 4 aromatic rings. The van der Waals surface area contributed by atoms with Crippen molar-refractivity contribution in [3.05, 3.63) is 47.7 Å². The van der Waals surface area contributed by atoms with Gasteiger partial charge in [-0.25, -0.2) is 13.2 Å². The Morgan fingerprint density at radius 1 is 1.20 bits per heavy atom. The van der Waals surface area contributed by atoms with E-state index in [2.05, 4.69) is 37.9 Å². The van der Waals surface area contributed by atoms with Crippen molar-refractivity contribution < 1.29 is 27.8 Å². The summed E-state index contributed by atoms with van der Waals surface area (Å²) in [6, 6.07) is 5.45. The zero-order valence-corrected chi connectivity index (χ0v) is 27.4. The van der Waals surface area contributed by atoms with Crippen molar-refractivity contribution >= 4 is 27.5 Å². The van der Waals surface area contributed by atoms with Gasteiger partial charge in [-0.2, -0.15) is 9.97 Å². The van der Waals surface area contributed by atoms with Gasteiger partial charge in [0.25, 0.3) is 0 Å². The predicted molar refractivity (Wildman–Crippen MR) is 181 cm³/mol. The molecule has 0 radical (unpaired) electrons. The number of fused-ring (bicyclic) bond motifs is 3. The fourth-order valence-electron chi connectivity index (χ4n) is 8.71. The van der Waals surface area contributed by atoms with Crippen LogP contribution in [-0.2, 0) is 4.74 Å². The van der Waals surface area contributed by atoms with Gasteiger partial charge in [-0.05, 0) is 62.2 Å². The smallest absolute Gasteiger partial charge is 0.319 e. The molecule has 2 aromatic heterocycles. The molecule has 0 spiro atoms. The van der Waals surface area contributed by atoms with Gasteiger partial charge in [0.15, 0.2) is 5.82 Å². The largest absolute Gasteiger partial charge is 0.508 e. The van der Waals surface area contributed by atoms with Crippen LogP contribution in [-0.4, -0.2) is 94.2 Å². The number of phenolic OH excluding ortho intramolecular Hbond substituents is 1.